The van der Waals surface area contributed by atoms with Crippen molar-refractivity contribution in [2.75, 3.05) is 32.8 Å². The molecule has 2 aromatic carbocycles. The molecule has 0 aromatic heterocycles. The van der Waals surface area contributed by atoms with E-state index in [0.29, 0.717) is 44.2 Å². The van der Waals surface area contributed by atoms with E-state index < -0.39 is 35.2 Å². The molecule has 38 heavy (non-hydrogen) atoms. The zero-order chi connectivity index (χ0) is 27.4. The maximum Gasteiger partial charge on any atom is 0.257 e. The summed E-state index contributed by atoms with van der Waals surface area (Å²) in [5.41, 5.74) is 4.51. The van der Waals surface area contributed by atoms with E-state index in [1.807, 2.05) is 0 Å². The molecule has 2 aliphatic heterocycles. The van der Waals surface area contributed by atoms with Gasteiger partial charge in [-0.15, -0.1) is 0 Å². The summed E-state index contributed by atoms with van der Waals surface area (Å²) >= 11 is 0. The lowest BCUT2D eigenvalue weighted by Gasteiger charge is -2.34. The largest absolute Gasteiger partial charge is 0.493 e. The SMILES string of the molecule is CC(C)(F)CN1CCC(COc2ccc(-c3ccc(C(=O)N4CCCC[C@@H]4C(N)=O)c(F)c3)c(F)c2)CC1. The Morgan fingerprint density at radius 1 is 1.00 bits per heavy atom. The highest BCUT2D eigenvalue weighted by Crippen LogP contribution is 2.30. The van der Waals surface area contributed by atoms with Gasteiger partial charge in [-0.2, -0.15) is 0 Å². The van der Waals surface area contributed by atoms with E-state index in [-0.39, 0.29) is 16.7 Å². The molecule has 9 heteroatoms. The van der Waals surface area contributed by atoms with Crippen molar-refractivity contribution in [1.29, 1.82) is 0 Å². The Morgan fingerprint density at radius 3 is 2.37 bits per heavy atom. The highest BCUT2D eigenvalue weighted by molar-refractivity contribution is 5.98. The third-order valence-electron chi connectivity index (χ3n) is 7.34. The number of carbonyl (C=O) groups excluding carboxylic acids is 2. The number of hydrogen-bond acceptors (Lipinski definition) is 4. The van der Waals surface area contributed by atoms with Crippen LogP contribution < -0.4 is 10.5 Å². The van der Waals surface area contributed by atoms with Crippen LogP contribution in [0.25, 0.3) is 11.1 Å². The highest BCUT2D eigenvalue weighted by Gasteiger charge is 2.32. The van der Waals surface area contributed by atoms with Crippen molar-refractivity contribution in [3.05, 3.63) is 53.6 Å². The van der Waals surface area contributed by atoms with Crippen LogP contribution in [0.4, 0.5) is 13.2 Å². The van der Waals surface area contributed by atoms with Crippen LogP contribution in [0.15, 0.2) is 36.4 Å². The van der Waals surface area contributed by atoms with Crippen molar-refractivity contribution in [2.45, 2.75) is 57.7 Å². The van der Waals surface area contributed by atoms with E-state index >= 15 is 0 Å². The normalized spacial score (nSPS) is 19.4. The number of nitrogens with two attached hydrogens (primary N) is 1. The van der Waals surface area contributed by atoms with Crippen LogP contribution in [0.1, 0.15) is 56.3 Å². The number of benzene rings is 2. The van der Waals surface area contributed by atoms with Crippen molar-refractivity contribution < 1.29 is 27.5 Å². The summed E-state index contributed by atoms with van der Waals surface area (Å²) < 4.78 is 49.7. The van der Waals surface area contributed by atoms with Crippen LogP contribution in [-0.2, 0) is 4.79 Å². The molecule has 6 nitrogen and oxygen atoms in total. The number of amides is 2. The van der Waals surface area contributed by atoms with Crippen LogP contribution in [0, 0.1) is 17.6 Å². The second kappa shape index (κ2) is 11.8. The maximum absolute atomic E-state index is 15.0. The van der Waals surface area contributed by atoms with Gasteiger partial charge in [0, 0.05) is 24.7 Å². The molecule has 2 saturated heterocycles. The number of likely N-dealkylation sites (tertiary alicyclic amines) is 2. The number of hydrogen-bond donors (Lipinski definition) is 1. The smallest absolute Gasteiger partial charge is 0.257 e. The van der Waals surface area contributed by atoms with Crippen LogP contribution >= 0.6 is 0 Å². The molecule has 0 unspecified atom stereocenters. The number of piperidine rings is 2. The lowest BCUT2D eigenvalue weighted by molar-refractivity contribution is -0.123. The highest BCUT2D eigenvalue weighted by atomic mass is 19.1. The van der Waals surface area contributed by atoms with Crippen molar-refractivity contribution in [2.24, 2.45) is 11.7 Å². The Labute approximate surface area is 221 Å². The molecule has 0 saturated carbocycles. The van der Waals surface area contributed by atoms with E-state index in [4.69, 9.17) is 10.5 Å². The summed E-state index contributed by atoms with van der Waals surface area (Å²) in [6.07, 6.45) is 3.72. The Bertz CT molecular complexity index is 1160. The molecule has 2 aliphatic rings. The Balaban J connectivity index is 1.37. The first kappa shape index (κ1) is 28.0. The predicted octanol–water partition coefficient (Wildman–Crippen LogP) is 4.95. The van der Waals surface area contributed by atoms with Gasteiger partial charge in [0.25, 0.3) is 5.91 Å². The van der Waals surface area contributed by atoms with Crippen molar-refractivity contribution in [1.82, 2.24) is 9.80 Å². The Morgan fingerprint density at radius 2 is 1.74 bits per heavy atom. The number of nitrogens with zero attached hydrogens (tertiary/aromatic N) is 2. The molecule has 2 fully saturated rings. The van der Waals surface area contributed by atoms with Crippen LogP contribution in [0.5, 0.6) is 5.75 Å². The number of halogens is 3. The molecule has 2 heterocycles. The van der Waals surface area contributed by atoms with Crippen LogP contribution in [0.3, 0.4) is 0 Å². The summed E-state index contributed by atoms with van der Waals surface area (Å²) in [6, 6.07) is 7.63. The fourth-order valence-electron chi connectivity index (χ4n) is 5.36. The van der Waals surface area contributed by atoms with Gasteiger partial charge in [0.1, 0.15) is 29.1 Å². The first-order valence-corrected chi connectivity index (χ1v) is 13.3. The van der Waals surface area contributed by atoms with Gasteiger partial charge in [0.15, 0.2) is 0 Å². The molecular weight excluding hydrogens is 495 g/mol. The van der Waals surface area contributed by atoms with Gasteiger partial charge in [-0.3, -0.25) is 9.59 Å². The molecule has 2 aromatic rings. The fourth-order valence-corrected chi connectivity index (χ4v) is 5.36. The summed E-state index contributed by atoms with van der Waals surface area (Å²) in [5, 5.41) is 0. The van der Waals surface area contributed by atoms with Gasteiger partial charge in [0.2, 0.25) is 5.91 Å². The first-order valence-electron chi connectivity index (χ1n) is 13.3. The molecule has 4 rings (SSSR count). The molecule has 0 spiro atoms. The Kier molecular flexibility index (Phi) is 8.65. The number of carbonyl (C=O) groups is 2. The third kappa shape index (κ3) is 6.87. The molecule has 2 amide bonds. The second-order valence-electron chi connectivity index (χ2n) is 11.0. The molecule has 0 bridgehead atoms. The van der Waals surface area contributed by atoms with Crippen LogP contribution in [0.2, 0.25) is 0 Å². The maximum atomic E-state index is 15.0. The molecule has 0 aliphatic carbocycles. The average molecular weight is 532 g/mol. The number of primary amides is 1. The van der Waals surface area contributed by atoms with Gasteiger partial charge < -0.3 is 20.3 Å². The van der Waals surface area contributed by atoms with Gasteiger partial charge in [-0.05, 0) is 94.8 Å². The summed E-state index contributed by atoms with van der Waals surface area (Å²) in [4.78, 5) is 28.1. The number of ether oxygens (including phenoxy) is 1. The standard InChI is InChI=1S/C29H36F3N3O3/c1-29(2,32)18-34-13-10-19(11-14-34)17-38-21-7-9-22(25(31)16-21)20-6-8-23(24(30)15-20)28(37)35-12-4-3-5-26(35)27(33)36/h6-9,15-16,19,26H,3-5,10-14,17-18H2,1-2H3,(H2,33,36)/t26-/m1/s1. The summed E-state index contributed by atoms with van der Waals surface area (Å²) in [6.45, 7) is 5.96. The minimum atomic E-state index is -1.22. The summed E-state index contributed by atoms with van der Waals surface area (Å²) in [5.74, 6) is -1.86. The van der Waals surface area contributed by atoms with E-state index in [2.05, 4.69) is 4.90 Å². The van der Waals surface area contributed by atoms with E-state index in [1.165, 1.54) is 29.2 Å². The molecule has 0 radical (unpaired) electrons. The van der Waals surface area contributed by atoms with Crippen LogP contribution in [-0.4, -0.2) is 66.1 Å². The number of rotatable bonds is 8. The Hall–Kier alpha value is -3.07. The third-order valence-corrected chi connectivity index (χ3v) is 7.34. The van der Waals surface area contributed by atoms with Crippen molar-refractivity contribution in [3.8, 4) is 16.9 Å². The predicted molar refractivity (Wildman–Crippen MR) is 140 cm³/mol. The van der Waals surface area contributed by atoms with Gasteiger partial charge >= 0.3 is 0 Å². The minimum Gasteiger partial charge on any atom is -0.493 e. The molecular formula is C29H36F3N3O3. The quantitative estimate of drug-likeness (QED) is 0.523. The van der Waals surface area contributed by atoms with E-state index in [9.17, 15) is 22.8 Å². The zero-order valence-corrected chi connectivity index (χ0v) is 22.0. The average Bonchev–Trinajstić information content (AvgIpc) is 2.87. The summed E-state index contributed by atoms with van der Waals surface area (Å²) in [7, 11) is 0. The minimum absolute atomic E-state index is 0.177. The molecule has 206 valence electrons. The fraction of sp³-hybridized carbons (Fsp3) is 0.517. The van der Waals surface area contributed by atoms with Crippen molar-refractivity contribution >= 4 is 11.8 Å². The van der Waals surface area contributed by atoms with Crippen molar-refractivity contribution in [3.63, 3.8) is 0 Å². The molecule has 2 N–H and O–H groups in total. The molecule has 1 atom stereocenters. The second-order valence-corrected chi connectivity index (χ2v) is 11.0. The van der Waals surface area contributed by atoms with Gasteiger partial charge in [-0.1, -0.05) is 6.07 Å². The monoisotopic (exact) mass is 531 g/mol. The van der Waals surface area contributed by atoms with E-state index in [0.717, 1.165) is 38.4 Å². The van der Waals surface area contributed by atoms with Gasteiger partial charge in [0.05, 0.1) is 12.2 Å². The lowest BCUT2D eigenvalue weighted by Crippen LogP contribution is -2.50. The van der Waals surface area contributed by atoms with E-state index in [1.54, 1.807) is 19.9 Å². The topological polar surface area (TPSA) is 75.9 Å². The number of alkyl halides is 1. The van der Waals surface area contributed by atoms with Gasteiger partial charge in [-0.25, -0.2) is 13.2 Å². The first-order chi connectivity index (χ1) is 18.0. The zero-order valence-electron chi connectivity index (χ0n) is 22.0. The lowest BCUT2D eigenvalue weighted by atomic mass is 9.96.